The summed E-state index contributed by atoms with van der Waals surface area (Å²) in [4.78, 5) is 58.0. The summed E-state index contributed by atoms with van der Waals surface area (Å²) in [6.45, 7) is 14.0. The second kappa shape index (κ2) is 15.2. The molecule has 4 rings (SSSR count). The van der Waals surface area contributed by atoms with Crippen LogP contribution in [-0.4, -0.2) is 83.8 Å². The van der Waals surface area contributed by atoms with E-state index in [1.807, 2.05) is 32.0 Å². The largest absolute Gasteiger partial charge is 0.460 e. The molecule has 0 unspecified atom stereocenters. The minimum absolute atomic E-state index is 0.108. The van der Waals surface area contributed by atoms with Gasteiger partial charge < -0.3 is 29.7 Å². The number of ether oxygens (including phenoxy) is 2. The quantitative estimate of drug-likeness (QED) is 0.154. The number of carbonyl (C=O) groups excluding carboxylic acids is 4. The van der Waals surface area contributed by atoms with Crippen LogP contribution in [0.1, 0.15) is 69.4 Å². The fourth-order valence-electron chi connectivity index (χ4n) is 7.18. The lowest BCUT2D eigenvalue weighted by Crippen LogP contribution is -2.56. The first-order chi connectivity index (χ1) is 21.6. The normalized spacial score (nSPS) is 25.5. The molecule has 246 valence electrons. The molecule has 3 saturated heterocycles. The van der Waals surface area contributed by atoms with E-state index in [1.165, 1.54) is 0 Å². The summed E-state index contributed by atoms with van der Waals surface area (Å²) in [6.07, 6.45) is 7.02. The molecular weight excluding hydrogens is 574 g/mol. The average molecular weight is 624 g/mol. The smallest absolute Gasteiger partial charge is 0.312 e. The molecule has 3 heterocycles. The van der Waals surface area contributed by atoms with Gasteiger partial charge in [0.1, 0.15) is 17.7 Å². The van der Waals surface area contributed by atoms with Crippen LogP contribution in [0.2, 0.25) is 0 Å². The standard InChI is InChI=1S/C35H49N3O7/c1-6-8-13-28(40)36-22-25(5)44-34(43)29-27-16-17-35(45-27)30(29)32(41)38(19-11-9-10-12-20-39)31(35)33(42)37(18-7-2)26-21-23(3)14-15-24(26)4/h6-7,14-15,21,25,27,29-31,39H,1-2,8-13,16-20,22H2,3-5H3,(H,36,40)/t25-,27-,29+,30+,31-,35+/m1/s1. The van der Waals surface area contributed by atoms with E-state index in [2.05, 4.69) is 18.5 Å². The molecule has 1 spiro atoms. The monoisotopic (exact) mass is 623 g/mol. The van der Waals surface area contributed by atoms with E-state index >= 15 is 0 Å². The number of nitrogens with zero attached hydrogens (tertiary/aromatic N) is 2. The molecule has 45 heavy (non-hydrogen) atoms. The van der Waals surface area contributed by atoms with Crippen LogP contribution in [0.4, 0.5) is 5.69 Å². The Balaban J connectivity index is 1.61. The molecule has 0 saturated carbocycles. The molecule has 3 amide bonds. The molecule has 2 N–H and O–H groups in total. The highest BCUT2D eigenvalue weighted by molar-refractivity contribution is 6.05. The Morgan fingerprint density at radius 1 is 1.20 bits per heavy atom. The van der Waals surface area contributed by atoms with Crippen molar-refractivity contribution in [3.63, 3.8) is 0 Å². The number of nitrogens with one attached hydrogen (secondary N) is 1. The van der Waals surface area contributed by atoms with Crippen molar-refractivity contribution in [2.75, 3.05) is 31.1 Å². The van der Waals surface area contributed by atoms with E-state index in [9.17, 15) is 24.3 Å². The third kappa shape index (κ3) is 7.17. The zero-order chi connectivity index (χ0) is 32.7. The highest BCUT2D eigenvalue weighted by atomic mass is 16.6. The van der Waals surface area contributed by atoms with Crippen molar-refractivity contribution in [3.05, 3.63) is 54.6 Å². The molecule has 10 nitrogen and oxygen atoms in total. The maximum Gasteiger partial charge on any atom is 0.312 e. The number of amides is 3. The van der Waals surface area contributed by atoms with Crippen LogP contribution in [0.5, 0.6) is 0 Å². The van der Waals surface area contributed by atoms with Gasteiger partial charge in [-0.1, -0.05) is 37.1 Å². The van der Waals surface area contributed by atoms with Gasteiger partial charge in [0.25, 0.3) is 5.91 Å². The van der Waals surface area contributed by atoms with Gasteiger partial charge in [-0.3, -0.25) is 19.2 Å². The topological polar surface area (TPSA) is 125 Å². The Kier molecular flexibility index (Phi) is 11.6. The van der Waals surface area contributed by atoms with Crippen LogP contribution in [-0.2, 0) is 28.7 Å². The molecule has 1 aromatic carbocycles. The van der Waals surface area contributed by atoms with Crippen molar-refractivity contribution in [1.82, 2.24) is 10.2 Å². The highest BCUT2D eigenvalue weighted by Crippen LogP contribution is 2.59. The van der Waals surface area contributed by atoms with Gasteiger partial charge in [0.15, 0.2) is 0 Å². The van der Waals surface area contributed by atoms with E-state index in [0.29, 0.717) is 45.1 Å². The number of likely N-dealkylation sites (tertiary alicyclic amines) is 1. The molecule has 10 heteroatoms. The van der Waals surface area contributed by atoms with E-state index in [-0.39, 0.29) is 37.4 Å². The summed E-state index contributed by atoms with van der Waals surface area (Å²) >= 11 is 0. The number of carbonyl (C=O) groups is 4. The Morgan fingerprint density at radius 2 is 1.96 bits per heavy atom. The summed E-state index contributed by atoms with van der Waals surface area (Å²) in [5, 5.41) is 12.0. The summed E-state index contributed by atoms with van der Waals surface area (Å²) in [5.41, 5.74) is 1.53. The van der Waals surface area contributed by atoms with Crippen LogP contribution < -0.4 is 10.2 Å². The molecule has 0 aliphatic carbocycles. The van der Waals surface area contributed by atoms with Crippen molar-refractivity contribution in [2.24, 2.45) is 11.8 Å². The van der Waals surface area contributed by atoms with Crippen molar-refractivity contribution < 1.29 is 33.8 Å². The number of aliphatic hydroxyl groups excluding tert-OH is 1. The lowest BCUT2D eigenvalue weighted by molar-refractivity contribution is -0.159. The average Bonchev–Trinajstić information content (AvgIpc) is 3.66. The van der Waals surface area contributed by atoms with Gasteiger partial charge in [-0.15, -0.1) is 13.2 Å². The molecule has 0 aromatic heterocycles. The summed E-state index contributed by atoms with van der Waals surface area (Å²) in [5.74, 6) is -2.89. The minimum Gasteiger partial charge on any atom is -0.460 e. The first-order valence-electron chi connectivity index (χ1n) is 16.3. The predicted molar refractivity (Wildman–Crippen MR) is 171 cm³/mol. The fraction of sp³-hybridized carbons (Fsp3) is 0.600. The Bertz CT molecular complexity index is 1280. The number of anilines is 1. The molecule has 1 aromatic rings. The maximum atomic E-state index is 14.7. The second-order valence-corrected chi connectivity index (χ2v) is 12.6. The van der Waals surface area contributed by atoms with Gasteiger partial charge in [-0.2, -0.15) is 0 Å². The first-order valence-corrected chi connectivity index (χ1v) is 16.3. The summed E-state index contributed by atoms with van der Waals surface area (Å²) < 4.78 is 12.4. The zero-order valence-electron chi connectivity index (χ0n) is 27.0. The lowest BCUT2D eigenvalue weighted by Gasteiger charge is -2.37. The molecular formula is C35H49N3O7. The molecule has 0 radical (unpaired) electrons. The van der Waals surface area contributed by atoms with Gasteiger partial charge in [0, 0.05) is 31.8 Å². The molecule has 6 atom stereocenters. The number of aryl methyl sites for hydroxylation is 2. The Labute approximate surface area is 266 Å². The first kappa shape index (κ1) is 34.4. The van der Waals surface area contributed by atoms with Gasteiger partial charge in [0.2, 0.25) is 11.8 Å². The molecule has 2 bridgehead atoms. The van der Waals surface area contributed by atoms with E-state index < -0.39 is 41.7 Å². The van der Waals surface area contributed by atoms with Crippen molar-refractivity contribution in [2.45, 2.75) is 96.0 Å². The SMILES string of the molecule is C=CCCC(=O)NC[C@@H](C)OC(=O)[C@@H]1[C@H]2C(=O)N(CCCCCCO)[C@H](C(=O)N(CC=C)c3cc(C)ccc3C)[C@]23CC[C@H]1O3. The van der Waals surface area contributed by atoms with Crippen LogP contribution >= 0.6 is 0 Å². The van der Waals surface area contributed by atoms with Crippen molar-refractivity contribution in [1.29, 1.82) is 0 Å². The minimum atomic E-state index is -1.15. The lowest BCUT2D eigenvalue weighted by atomic mass is 9.70. The molecule has 3 fully saturated rings. The number of aliphatic hydroxyl groups is 1. The van der Waals surface area contributed by atoms with Crippen LogP contribution in [0.15, 0.2) is 43.5 Å². The van der Waals surface area contributed by atoms with E-state index in [0.717, 1.165) is 29.7 Å². The summed E-state index contributed by atoms with van der Waals surface area (Å²) in [7, 11) is 0. The third-order valence-electron chi connectivity index (χ3n) is 9.33. The number of rotatable bonds is 17. The van der Waals surface area contributed by atoms with E-state index in [4.69, 9.17) is 9.47 Å². The number of esters is 1. The Hall–Kier alpha value is -3.50. The van der Waals surface area contributed by atoms with E-state index in [1.54, 1.807) is 28.9 Å². The van der Waals surface area contributed by atoms with Gasteiger partial charge >= 0.3 is 5.97 Å². The number of hydrogen-bond acceptors (Lipinski definition) is 7. The number of unbranched alkanes of at least 4 members (excludes halogenated alkanes) is 3. The zero-order valence-corrected chi connectivity index (χ0v) is 27.0. The van der Waals surface area contributed by atoms with Crippen molar-refractivity contribution in [3.8, 4) is 0 Å². The van der Waals surface area contributed by atoms with Gasteiger partial charge in [0.05, 0.1) is 24.5 Å². The Morgan fingerprint density at radius 3 is 2.67 bits per heavy atom. The van der Waals surface area contributed by atoms with Crippen molar-refractivity contribution >= 4 is 29.4 Å². The van der Waals surface area contributed by atoms with Crippen LogP contribution in [0.25, 0.3) is 0 Å². The van der Waals surface area contributed by atoms with Crippen LogP contribution in [0, 0.1) is 25.7 Å². The summed E-state index contributed by atoms with van der Waals surface area (Å²) in [6, 6.07) is 5.03. The van der Waals surface area contributed by atoms with Gasteiger partial charge in [-0.25, -0.2) is 0 Å². The molecule has 3 aliphatic heterocycles. The van der Waals surface area contributed by atoms with Gasteiger partial charge in [-0.05, 0) is 70.1 Å². The number of fused-ring (bicyclic) bond motifs is 1. The highest BCUT2D eigenvalue weighted by Gasteiger charge is 2.75. The predicted octanol–water partition coefficient (Wildman–Crippen LogP) is 3.76. The van der Waals surface area contributed by atoms with Crippen LogP contribution in [0.3, 0.4) is 0 Å². The number of hydrogen-bond donors (Lipinski definition) is 2. The second-order valence-electron chi connectivity index (χ2n) is 12.6. The fourth-order valence-corrected chi connectivity index (χ4v) is 7.18. The third-order valence-corrected chi connectivity index (χ3v) is 9.33. The number of benzene rings is 1. The number of allylic oxidation sites excluding steroid dienone is 1. The maximum absolute atomic E-state index is 14.7. The molecule has 3 aliphatic rings.